The lowest BCUT2D eigenvalue weighted by molar-refractivity contribution is 1.18. The van der Waals surface area contributed by atoms with Gasteiger partial charge in [-0.25, -0.2) is 0 Å². The summed E-state index contributed by atoms with van der Waals surface area (Å²) in [7, 11) is 0. The van der Waals surface area contributed by atoms with E-state index in [0.717, 1.165) is 22.7 Å². The summed E-state index contributed by atoms with van der Waals surface area (Å²) in [5.41, 5.74) is 6.97. The molecular formula is C48H30N2S. The summed E-state index contributed by atoms with van der Waals surface area (Å²) in [6, 6.07) is 66.8. The first-order chi connectivity index (χ1) is 25.3. The standard InChI is InChI=1S/C48H30N2S/c1-2-12-33(13-3-1)50-43-17-8-6-16-42(43)48-44(18-10-19-45(48)50)49(35-24-28-41-40-15-7-9-20-46(40)51-47(41)30-35)34-23-27-37-32(29-34)22-26-38-36-14-5-4-11-31(36)21-25-39(37)38/h1-30H. The minimum absolute atomic E-state index is 1.13. The second-order valence-corrected chi connectivity index (χ2v) is 14.4. The number of hydrogen-bond donors (Lipinski definition) is 0. The van der Waals surface area contributed by atoms with Gasteiger partial charge in [-0.3, -0.25) is 0 Å². The van der Waals surface area contributed by atoms with Crippen LogP contribution in [-0.4, -0.2) is 4.57 Å². The zero-order chi connectivity index (χ0) is 33.5. The van der Waals surface area contributed by atoms with Crippen LogP contribution in [0.25, 0.3) is 80.0 Å². The number of para-hydroxylation sites is 2. The van der Waals surface area contributed by atoms with Crippen LogP contribution in [0.5, 0.6) is 0 Å². The number of benzene rings is 9. The highest BCUT2D eigenvalue weighted by atomic mass is 32.1. The molecule has 0 aliphatic heterocycles. The van der Waals surface area contributed by atoms with Crippen LogP contribution in [0.2, 0.25) is 0 Å². The first kappa shape index (κ1) is 28.4. The predicted octanol–water partition coefficient (Wildman–Crippen LogP) is 14.1. The summed E-state index contributed by atoms with van der Waals surface area (Å²) in [5.74, 6) is 0. The van der Waals surface area contributed by atoms with Crippen LogP contribution < -0.4 is 4.90 Å². The van der Waals surface area contributed by atoms with Crippen LogP contribution in [0.15, 0.2) is 182 Å². The van der Waals surface area contributed by atoms with Gasteiger partial charge in [-0.2, -0.15) is 0 Å². The van der Waals surface area contributed by atoms with Crippen molar-refractivity contribution >= 4 is 103 Å². The number of hydrogen-bond acceptors (Lipinski definition) is 2. The minimum atomic E-state index is 1.13. The zero-order valence-corrected chi connectivity index (χ0v) is 28.4. The molecule has 0 amide bonds. The lowest BCUT2D eigenvalue weighted by Gasteiger charge is -2.27. The van der Waals surface area contributed by atoms with Gasteiger partial charge in [0.25, 0.3) is 0 Å². The van der Waals surface area contributed by atoms with Gasteiger partial charge < -0.3 is 9.47 Å². The van der Waals surface area contributed by atoms with Crippen molar-refractivity contribution in [2.75, 3.05) is 4.90 Å². The molecule has 2 nitrogen and oxygen atoms in total. The highest BCUT2D eigenvalue weighted by molar-refractivity contribution is 7.25. The van der Waals surface area contributed by atoms with E-state index in [-0.39, 0.29) is 0 Å². The van der Waals surface area contributed by atoms with E-state index in [9.17, 15) is 0 Å². The maximum absolute atomic E-state index is 2.47. The van der Waals surface area contributed by atoms with Crippen LogP contribution in [0.1, 0.15) is 0 Å². The first-order valence-electron chi connectivity index (χ1n) is 17.4. The van der Waals surface area contributed by atoms with Gasteiger partial charge in [0.1, 0.15) is 0 Å². The first-order valence-corrected chi connectivity index (χ1v) is 18.3. The van der Waals surface area contributed by atoms with Crippen molar-refractivity contribution in [1.29, 1.82) is 0 Å². The van der Waals surface area contributed by atoms with Gasteiger partial charge >= 0.3 is 0 Å². The molecule has 2 heterocycles. The Kier molecular flexibility index (Phi) is 6.16. The molecule has 0 fully saturated rings. The Labute approximate surface area is 298 Å². The largest absolute Gasteiger partial charge is 0.310 e. The third-order valence-corrected chi connectivity index (χ3v) is 11.7. The maximum atomic E-state index is 2.47. The number of thiophene rings is 1. The van der Waals surface area contributed by atoms with E-state index < -0.39 is 0 Å². The summed E-state index contributed by atoms with van der Waals surface area (Å²) in [6.45, 7) is 0. The van der Waals surface area contributed by atoms with Crippen molar-refractivity contribution in [3.63, 3.8) is 0 Å². The SMILES string of the molecule is c1ccc(-n2c3ccccc3c3c(N(c4ccc5c(ccc6c7ccccc7ccc56)c4)c4ccc5c(c4)sc4ccccc45)cccc32)cc1. The Morgan fingerprint density at radius 2 is 0.980 bits per heavy atom. The molecule has 0 saturated carbocycles. The molecule has 0 saturated heterocycles. The van der Waals surface area contributed by atoms with Crippen LogP contribution in [-0.2, 0) is 0 Å². The Hall–Kier alpha value is -6.42. The fourth-order valence-corrected chi connectivity index (χ4v) is 9.42. The minimum Gasteiger partial charge on any atom is -0.310 e. The van der Waals surface area contributed by atoms with Crippen LogP contribution >= 0.6 is 11.3 Å². The van der Waals surface area contributed by atoms with Gasteiger partial charge in [0, 0.05) is 48.0 Å². The molecule has 0 spiro atoms. The molecule has 11 rings (SSSR count). The summed E-state index contributed by atoms with van der Waals surface area (Å²) >= 11 is 1.87. The van der Waals surface area contributed by atoms with Gasteiger partial charge in [-0.1, -0.05) is 121 Å². The molecular weight excluding hydrogens is 637 g/mol. The molecule has 0 radical (unpaired) electrons. The van der Waals surface area contributed by atoms with Crippen molar-refractivity contribution in [3.8, 4) is 5.69 Å². The maximum Gasteiger partial charge on any atom is 0.0562 e. The fraction of sp³-hybridized carbons (Fsp3) is 0. The molecule has 0 aliphatic carbocycles. The highest BCUT2D eigenvalue weighted by Crippen LogP contribution is 2.46. The van der Waals surface area contributed by atoms with Crippen LogP contribution in [0.4, 0.5) is 17.1 Å². The van der Waals surface area contributed by atoms with E-state index in [4.69, 9.17) is 0 Å². The van der Waals surface area contributed by atoms with E-state index in [1.807, 2.05) is 11.3 Å². The molecule has 238 valence electrons. The molecule has 11 aromatic rings. The Bertz CT molecular complexity index is 3150. The van der Waals surface area contributed by atoms with E-state index >= 15 is 0 Å². The van der Waals surface area contributed by atoms with E-state index in [1.165, 1.54) is 74.3 Å². The van der Waals surface area contributed by atoms with E-state index in [1.54, 1.807) is 0 Å². The van der Waals surface area contributed by atoms with Gasteiger partial charge in [-0.05, 0) is 93.0 Å². The number of rotatable bonds is 4. The topological polar surface area (TPSA) is 8.17 Å². The molecule has 0 N–H and O–H groups in total. The third kappa shape index (κ3) is 4.29. The molecule has 0 unspecified atom stereocenters. The van der Waals surface area contributed by atoms with E-state index in [0.29, 0.717) is 0 Å². The van der Waals surface area contributed by atoms with Crippen molar-refractivity contribution in [3.05, 3.63) is 182 Å². The summed E-state index contributed by atoms with van der Waals surface area (Å²) in [4.78, 5) is 2.47. The van der Waals surface area contributed by atoms with Gasteiger partial charge in [0.2, 0.25) is 0 Å². The Balaban J connectivity index is 1.20. The average molecular weight is 667 g/mol. The monoisotopic (exact) mass is 666 g/mol. The third-order valence-electron chi connectivity index (χ3n) is 10.5. The number of nitrogens with zero attached hydrogens (tertiary/aromatic N) is 2. The number of aromatic nitrogens is 1. The molecule has 2 aromatic heterocycles. The zero-order valence-electron chi connectivity index (χ0n) is 27.6. The normalized spacial score (nSPS) is 11.9. The number of anilines is 3. The Morgan fingerprint density at radius 3 is 1.84 bits per heavy atom. The van der Waals surface area contributed by atoms with Gasteiger partial charge in [-0.15, -0.1) is 11.3 Å². The molecule has 3 heteroatoms. The molecule has 0 aliphatic rings. The fourth-order valence-electron chi connectivity index (χ4n) is 8.28. The van der Waals surface area contributed by atoms with Crippen LogP contribution in [0.3, 0.4) is 0 Å². The second-order valence-electron chi connectivity index (χ2n) is 13.3. The Morgan fingerprint density at radius 1 is 0.373 bits per heavy atom. The molecule has 9 aromatic carbocycles. The van der Waals surface area contributed by atoms with E-state index in [2.05, 4.69) is 191 Å². The van der Waals surface area contributed by atoms with Crippen molar-refractivity contribution in [1.82, 2.24) is 4.57 Å². The number of fused-ring (bicyclic) bond motifs is 11. The summed E-state index contributed by atoms with van der Waals surface area (Å²) < 4.78 is 5.00. The van der Waals surface area contributed by atoms with Gasteiger partial charge in [0.05, 0.1) is 16.7 Å². The van der Waals surface area contributed by atoms with Crippen molar-refractivity contribution in [2.24, 2.45) is 0 Å². The van der Waals surface area contributed by atoms with Gasteiger partial charge in [0.15, 0.2) is 0 Å². The molecule has 0 bridgehead atoms. The second kappa shape index (κ2) is 11.0. The van der Waals surface area contributed by atoms with Crippen molar-refractivity contribution in [2.45, 2.75) is 0 Å². The molecule has 51 heavy (non-hydrogen) atoms. The van der Waals surface area contributed by atoms with Crippen LogP contribution in [0, 0.1) is 0 Å². The predicted molar refractivity (Wildman–Crippen MR) is 221 cm³/mol. The summed E-state index contributed by atoms with van der Waals surface area (Å²) in [6.07, 6.45) is 0. The quantitative estimate of drug-likeness (QED) is 0.170. The molecule has 0 atom stereocenters. The lowest BCUT2D eigenvalue weighted by atomic mass is 9.96. The summed E-state index contributed by atoms with van der Waals surface area (Å²) in [5, 5.41) is 12.7. The lowest BCUT2D eigenvalue weighted by Crippen LogP contribution is -2.10. The average Bonchev–Trinajstić information content (AvgIpc) is 3.74. The smallest absolute Gasteiger partial charge is 0.0562 e. The van der Waals surface area contributed by atoms with Crippen molar-refractivity contribution < 1.29 is 0 Å². The highest BCUT2D eigenvalue weighted by Gasteiger charge is 2.22.